The van der Waals surface area contributed by atoms with Gasteiger partial charge in [-0.15, -0.1) is 0 Å². The van der Waals surface area contributed by atoms with Crippen LogP contribution in [-0.2, 0) is 17.8 Å². The number of ether oxygens (including phenoxy) is 1. The van der Waals surface area contributed by atoms with Gasteiger partial charge >= 0.3 is 0 Å². The molecule has 0 bridgehead atoms. The molecule has 0 radical (unpaired) electrons. The Morgan fingerprint density at radius 1 is 1.06 bits per heavy atom. The first-order valence-electron chi connectivity index (χ1n) is 9.75. The van der Waals surface area contributed by atoms with Crippen LogP contribution >= 0.6 is 23.2 Å². The summed E-state index contributed by atoms with van der Waals surface area (Å²) in [6.07, 6.45) is 7.03. The van der Waals surface area contributed by atoms with Crippen LogP contribution in [0.2, 0.25) is 10.0 Å². The molecule has 3 heterocycles. The fourth-order valence-corrected chi connectivity index (χ4v) is 3.40. The zero-order valence-corrected chi connectivity index (χ0v) is 18.3. The van der Waals surface area contributed by atoms with Crippen LogP contribution in [0.3, 0.4) is 0 Å². The molecule has 162 valence electrons. The van der Waals surface area contributed by atoms with Crippen molar-refractivity contribution in [2.75, 3.05) is 5.32 Å². The van der Waals surface area contributed by atoms with Crippen molar-refractivity contribution in [3.05, 3.63) is 88.8 Å². The van der Waals surface area contributed by atoms with Crippen molar-refractivity contribution in [3.8, 4) is 17.1 Å². The number of amides is 1. The summed E-state index contributed by atoms with van der Waals surface area (Å²) in [4.78, 5) is 24.9. The molecule has 7 nitrogen and oxygen atoms in total. The normalized spacial score (nSPS) is 10.7. The van der Waals surface area contributed by atoms with E-state index in [0.717, 1.165) is 5.56 Å². The van der Waals surface area contributed by atoms with Gasteiger partial charge in [-0.1, -0.05) is 23.2 Å². The molecule has 0 aliphatic heterocycles. The number of hydrogen-bond acceptors (Lipinski definition) is 6. The van der Waals surface area contributed by atoms with Gasteiger partial charge in [0.15, 0.2) is 23.2 Å². The summed E-state index contributed by atoms with van der Waals surface area (Å²) >= 11 is 12.1. The number of carbonyl (C=O) groups is 1. The van der Waals surface area contributed by atoms with Crippen molar-refractivity contribution in [2.24, 2.45) is 0 Å². The smallest absolute Gasteiger partial charge is 0.226 e. The minimum atomic E-state index is -0.235. The fourth-order valence-electron chi connectivity index (χ4n) is 2.90. The van der Waals surface area contributed by atoms with E-state index in [4.69, 9.17) is 32.4 Å². The number of aromatic nitrogens is 3. The van der Waals surface area contributed by atoms with E-state index in [1.807, 2.05) is 12.1 Å². The molecule has 0 fully saturated rings. The second-order valence-corrected chi connectivity index (χ2v) is 7.63. The van der Waals surface area contributed by atoms with Gasteiger partial charge in [-0.3, -0.25) is 9.78 Å². The van der Waals surface area contributed by atoms with Crippen molar-refractivity contribution in [1.29, 1.82) is 0 Å². The SMILES string of the molecule is O=C(CCc1ncc(-c2ccc(Cl)cc2Cl)o1)Nc1ncccc1OCc1ccncc1. The Balaban J connectivity index is 1.34. The molecule has 0 atom stereocenters. The average Bonchev–Trinajstić information content (AvgIpc) is 3.26. The standard InChI is InChI=1S/C23H18Cl2N4O3/c24-16-3-4-17(18(25)12-16)20-13-28-22(32-20)6-5-21(30)29-23-19(2-1-9-27-23)31-14-15-7-10-26-11-8-15/h1-4,7-13H,5-6,14H2,(H,27,29,30). The Morgan fingerprint density at radius 3 is 2.72 bits per heavy atom. The summed E-state index contributed by atoms with van der Waals surface area (Å²) < 4.78 is 11.5. The lowest BCUT2D eigenvalue weighted by atomic mass is 10.2. The molecular weight excluding hydrogens is 451 g/mol. The number of benzene rings is 1. The third-order valence-corrected chi connectivity index (χ3v) is 5.04. The molecule has 0 aliphatic carbocycles. The van der Waals surface area contributed by atoms with Gasteiger partial charge in [0.1, 0.15) is 6.61 Å². The molecule has 9 heteroatoms. The van der Waals surface area contributed by atoms with E-state index in [1.54, 1.807) is 55.1 Å². The Kier molecular flexibility index (Phi) is 6.99. The van der Waals surface area contributed by atoms with Gasteiger partial charge in [0.25, 0.3) is 0 Å². The molecule has 1 N–H and O–H groups in total. The van der Waals surface area contributed by atoms with Gasteiger partial charge in [-0.2, -0.15) is 0 Å². The zero-order chi connectivity index (χ0) is 22.3. The number of hydrogen-bond donors (Lipinski definition) is 1. The number of pyridine rings is 2. The lowest BCUT2D eigenvalue weighted by molar-refractivity contribution is -0.116. The number of carbonyl (C=O) groups excluding carboxylic acids is 1. The molecule has 4 rings (SSSR count). The van der Waals surface area contributed by atoms with E-state index in [9.17, 15) is 4.79 Å². The van der Waals surface area contributed by atoms with Crippen LogP contribution < -0.4 is 10.1 Å². The van der Waals surface area contributed by atoms with Crippen molar-refractivity contribution in [1.82, 2.24) is 15.0 Å². The minimum Gasteiger partial charge on any atom is -0.485 e. The van der Waals surface area contributed by atoms with Gasteiger partial charge in [-0.05, 0) is 48.0 Å². The Labute approximate surface area is 194 Å². The Morgan fingerprint density at radius 2 is 1.91 bits per heavy atom. The maximum absolute atomic E-state index is 12.5. The van der Waals surface area contributed by atoms with Gasteiger partial charge in [-0.25, -0.2) is 9.97 Å². The predicted octanol–water partition coefficient (Wildman–Crippen LogP) is 5.59. The van der Waals surface area contributed by atoms with Crippen LogP contribution in [0.5, 0.6) is 5.75 Å². The summed E-state index contributed by atoms with van der Waals surface area (Å²) in [6, 6.07) is 12.3. The van der Waals surface area contributed by atoms with Crippen LogP contribution in [0.1, 0.15) is 17.9 Å². The maximum Gasteiger partial charge on any atom is 0.226 e. The number of nitrogens with zero attached hydrogens (tertiary/aromatic N) is 3. The summed E-state index contributed by atoms with van der Waals surface area (Å²) in [5.74, 6) is 1.54. The number of anilines is 1. The highest BCUT2D eigenvalue weighted by molar-refractivity contribution is 6.36. The third-order valence-electron chi connectivity index (χ3n) is 4.49. The zero-order valence-electron chi connectivity index (χ0n) is 16.8. The first-order chi connectivity index (χ1) is 15.6. The number of halogens is 2. The second kappa shape index (κ2) is 10.3. The minimum absolute atomic E-state index is 0.161. The van der Waals surface area contributed by atoms with E-state index < -0.39 is 0 Å². The molecule has 0 saturated carbocycles. The molecule has 1 amide bonds. The summed E-state index contributed by atoms with van der Waals surface area (Å²) in [7, 11) is 0. The van der Waals surface area contributed by atoms with Gasteiger partial charge in [0, 0.05) is 42.0 Å². The molecule has 3 aromatic heterocycles. The van der Waals surface area contributed by atoms with E-state index in [0.29, 0.717) is 51.9 Å². The van der Waals surface area contributed by atoms with Crippen LogP contribution in [-0.4, -0.2) is 20.9 Å². The molecule has 0 saturated heterocycles. The first-order valence-corrected chi connectivity index (χ1v) is 10.5. The van der Waals surface area contributed by atoms with E-state index in [1.165, 1.54) is 0 Å². The third kappa shape index (κ3) is 5.63. The monoisotopic (exact) mass is 468 g/mol. The number of aryl methyl sites for hydroxylation is 1. The lowest BCUT2D eigenvalue weighted by Crippen LogP contribution is -2.14. The van der Waals surface area contributed by atoms with Gasteiger partial charge < -0.3 is 14.5 Å². The Hall–Kier alpha value is -3.42. The average molecular weight is 469 g/mol. The number of nitrogens with one attached hydrogen (secondary N) is 1. The second-order valence-electron chi connectivity index (χ2n) is 6.78. The van der Waals surface area contributed by atoms with Crippen molar-refractivity contribution in [3.63, 3.8) is 0 Å². The largest absolute Gasteiger partial charge is 0.485 e. The van der Waals surface area contributed by atoms with Crippen LogP contribution in [0, 0.1) is 0 Å². The fraction of sp³-hybridized carbons (Fsp3) is 0.130. The van der Waals surface area contributed by atoms with Gasteiger partial charge in [0.2, 0.25) is 5.91 Å². The predicted molar refractivity (Wildman–Crippen MR) is 122 cm³/mol. The van der Waals surface area contributed by atoms with E-state index in [2.05, 4.69) is 20.3 Å². The summed E-state index contributed by atoms with van der Waals surface area (Å²) in [5.41, 5.74) is 1.64. The van der Waals surface area contributed by atoms with Crippen LogP contribution in [0.25, 0.3) is 11.3 Å². The number of rotatable bonds is 8. The summed E-state index contributed by atoms with van der Waals surface area (Å²) in [5, 5.41) is 3.78. The van der Waals surface area contributed by atoms with Crippen molar-refractivity contribution < 1.29 is 13.9 Å². The highest BCUT2D eigenvalue weighted by Gasteiger charge is 2.14. The Bertz CT molecular complexity index is 1210. The quantitative estimate of drug-likeness (QED) is 0.362. The molecule has 0 aliphatic rings. The molecule has 0 unspecified atom stereocenters. The highest BCUT2D eigenvalue weighted by atomic mass is 35.5. The molecular formula is C23H18Cl2N4O3. The van der Waals surface area contributed by atoms with Crippen molar-refractivity contribution in [2.45, 2.75) is 19.4 Å². The van der Waals surface area contributed by atoms with E-state index >= 15 is 0 Å². The van der Waals surface area contributed by atoms with E-state index in [-0.39, 0.29) is 12.3 Å². The maximum atomic E-state index is 12.5. The molecule has 4 aromatic rings. The summed E-state index contributed by atoms with van der Waals surface area (Å²) in [6.45, 7) is 0.337. The van der Waals surface area contributed by atoms with Crippen molar-refractivity contribution >= 4 is 34.9 Å². The lowest BCUT2D eigenvalue weighted by Gasteiger charge is -2.11. The molecule has 0 spiro atoms. The molecule has 1 aromatic carbocycles. The molecule has 32 heavy (non-hydrogen) atoms. The topological polar surface area (TPSA) is 90.1 Å². The van der Waals surface area contributed by atoms with Gasteiger partial charge in [0.05, 0.1) is 11.2 Å². The van der Waals surface area contributed by atoms with Crippen LogP contribution in [0.15, 0.2) is 71.7 Å². The highest BCUT2D eigenvalue weighted by Crippen LogP contribution is 2.31. The first kappa shape index (κ1) is 21.8. The number of oxazole rings is 1. The van der Waals surface area contributed by atoms with Crippen LogP contribution in [0.4, 0.5) is 5.82 Å².